The van der Waals surface area contributed by atoms with Gasteiger partial charge < -0.3 is 4.90 Å². The van der Waals surface area contributed by atoms with E-state index in [1.165, 1.54) is 36.9 Å². The Kier molecular flexibility index (Phi) is 3.79. The first-order chi connectivity index (χ1) is 9.18. The van der Waals surface area contributed by atoms with Crippen LogP contribution in [0.1, 0.15) is 45.1 Å². The minimum Gasteiger partial charge on any atom is -0.356 e. The van der Waals surface area contributed by atoms with E-state index >= 15 is 0 Å². The number of rotatable bonds is 2. The zero-order chi connectivity index (χ0) is 13.4. The number of benzene rings is 1. The summed E-state index contributed by atoms with van der Waals surface area (Å²) in [5, 5.41) is 1.44. The lowest BCUT2D eigenvalue weighted by Crippen LogP contribution is -2.38. The summed E-state index contributed by atoms with van der Waals surface area (Å²) in [6.45, 7) is 7.05. The molecule has 0 amide bonds. The molecule has 1 aliphatic heterocycles. The van der Waals surface area contributed by atoms with E-state index in [-0.39, 0.29) is 0 Å². The Morgan fingerprint density at radius 1 is 1.11 bits per heavy atom. The predicted molar refractivity (Wildman–Crippen MR) is 85.9 cm³/mol. The fourth-order valence-electron chi connectivity index (χ4n) is 3.96. The monoisotopic (exact) mass is 275 g/mol. The second-order valence-electron chi connectivity index (χ2n) is 6.18. The molecule has 0 spiro atoms. The average molecular weight is 275 g/mol. The molecule has 3 rings (SSSR count). The van der Waals surface area contributed by atoms with Gasteiger partial charge in [-0.15, -0.1) is 11.8 Å². The number of hydrogen-bond acceptors (Lipinski definition) is 2. The Bertz CT molecular complexity index is 439. The molecule has 3 atom stereocenters. The van der Waals surface area contributed by atoms with Crippen LogP contribution in [0.2, 0.25) is 0 Å². The second kappa shape index (κ2) is 5.40. The number of aryl methyl sites for hydroxylation is 1. The minimum atomic E-state index is 0.613. The number of nitrogens with zero attached hydrogens (tertiary/aromatic N) is 1. The molecule has 2 aliphatic rings. The third-order valence-corrected chi connectivity index (χ3v) is 6.63. The van der Waals surface area contributed by atoms with E-state index in [0.29, 0.717) is 11.4 Å². The van der Waals surface area contributed by atoms with Crippen LogP contribution in [-0.2, 0) is 0 Å². The normalized spacial score (nSPS) is 32.2. The van der Waals surface area contributed by atoms with Gasteiger partial charge in [0.1, 0.15) is 0 Å². The van der Waals surface area contributed by atoms with Gasteiger partial charge in [-0.05, 0) is 51.2 Å². The Labute approximate surface area is 121 Å². The first-order valence-corrected chi connectivity index (χ1v) is 8.62. The number of para-hydroxylation sites is 1. The van der Waals surface area contributed by atoms with Crippen molar-refractivity contribution in [1.82, 2.24) is 0 Å². The fraction of sp³-hybridized carbons (Fsp3) is 0.647. The summed E-state index contributed by atoms with van der Waals surface area (Å²) in [6, 6.07) is 9.52. The Morgan fingerprint density at radius 2 is 1.79 bits per heavy atom. The van der Waals surface area contributed by atoms with Gasteiger partial charge in [-0.25, -0.2) is 0 Å². The van der Waals surface area contributed by atoms with Crippen LogP contribution >= 0.6 is 11.8 Å². The maximum Gasteiger partial charge on any atom is 0.0729 e. The Morgan fingerprint density at radius 3 is 2.47 bits per heavy atom. The molecule has 0 bridgehead atoms. The smallest absolute Gasteiger partial charge is 0.0729 e. The Balaban J connectivity index is 1.84. The molecule has 0 aromatic heterocycles. The van der Waals surface area contributed by atoms with Crippen molar-refractivity contribution in [3.63, 3.8) is 0 Å². The van der Waals surface area contributed by atoms with E-state index in [9.17, 15) is 0 Å². The molecule has 104 valence electrons. The van der Waals surface area contributed by atoms with Crippen molar-refractivity contribution in [2.45, 2.75) is 63.1 Å². The van der Waals surface area contributed by atoms with Crippen molar-refractivity contribution in [3.05, 3.63) is 29.8 Å². The summed E-state index contributed by atoms with van der Waals surface area (Å²) in [4.78, 5) is 2.66. The largest absolute Gasteiger partial charge is 0.356 e. The molecule has 1 aromatic carbocycles. The summed E-state index contributed by atoms with van der Waals surface area (Å²) in [5.74, 6) is 0.955. The van der Waals surface area contributed by atoms with Crippen molar-refractivity contribution in [2.24, 2.45) is 5.92 Å². The summed E-state index contributed by atoms with van der Waals surface area (Å²) < 4.78 is 0. The molecule has 1 heterocycles. The van der Waals surface area contributed by atoms with Gasteiger partial charge >= 0.3 is 0 Å². The van der Waals surface area contributed by atoms with Crippen molar-refractivity contribution in [1.29, 1.82) is 0 Å². The summed E-state index contributed by atoms with van der Waals surface area (Å²) in [5.41, 5.74) is 2.85. The maximum atomic E-state index is 2.66. The zero-order valence-electron chi connectivity index (χ0n) is 12.3. The lowest BCUT2D eigenvalue weighted by Gasteiger charge is -2.31. The van der Waals surface area contributed by atoms with Crippen molar-refractivity contribution < 1.29 is 0 Å². The van der Waals surface area contributed by atoms with Crippen LogP contribution in [0, 0.1) is 12.8 Å². The molecule has 1 aromatic rings. The number of anilines is 1. The molecule has 2 unspecified atom stereocenters. The van der Waals surface area contributed by atoms with E-state index < -0.39 is 0 Å². The quantitative estimate of drug-likeness (QED) is 0.759. The predicted octanol–water partition coefficient (Wildman–Crippen LogP) is 4.84. The van der Waals surface area contributed by atoms with Crippen LogP contribution in [0.4, 0.5) is 5.69 Å². The molecule has 1 aliphatic carbocycles. The van der Waals surface area contributed by atoms with Gasteiger partial charge in [-0.2, -0.15) is 0 Å². The topological polar surface area (TPSA) is 3.24 Å². The molecular formula is C17H25NS. The third kappa shape index (κ3) is 2.40. The van der Waals surface area contributed by atoms with Gasteiger partial charge in [-0.1, -0.05) is 31.0 Å². The van der Waals surface area contributed by atoms with E-state index in [4.69, 9.17) is 0 Å². The molecule has 2 heteroatoms. The van der Waals surface area contributed by atoms with Gasteiger partial charge in [0.05, 0.1) is 5.37 Å². The lowest BCUT2D eigenvalue weighted by molar-refractivity contribution is 0.472. The van der Waals surface area contributed by atoms with Gasteiger partial charge in [0.15, 0.2) is 0 Å². The van der Waals surface area contributed by atoms with E-state index in [2.05, 4.69) is 61.7 Å². The van der Waals surface area contributed by atoms with Crippen LogP contribution in [-0.4, -0.2) is 16.7 Å². The molecule has 1 nitrogen and oxygen atoms in total. The van der Waals surface area contributed by atoms with Gasteiger partial charge in [0.25, 0.3) is 0 Å². The highest BCUT2D eigenvalue weighted by Crippen LogP contribution is 2.46. The zero-order valence-corrected chi connectivity index (χ0v) is 13.1. The highest BCUT2D eigenvalue weighted by molar-refractivity contribution is 8.01. The molecular weight excluding hydrogens is 250 g/mol. The standard InChI is InChI=1S/C17H25NS/c1-12-8-4-7-11-16(12)18-13(2)17(19-14(18)3)15-9-5-6-10-15/h4,7-8,11,13-15,17H,5-6,9-10H2,1-3H3/t13-,14?,17?/m0/s1. The summed E-state index contributed by atoms with van der Waals surface area (Å²) in [6.07, 6.45) is 5.81. The molecule has 19 heavy (non-hydrogen) atoms. The molecule has 0 N–H and O–H groups in total. The maximum absolute atomic E-state index is 2.66. The fourth-order valence-corrected chi connectivity index (χ4v) is 5.70. The average Bonchev–Trinajstić information content (AvgIpc) is 3.00. The van der Waals surface area contributed by atoms with E-state index in [1.807, 2.05) is 0 Å². The van der Waals surface area contributed by atoms with E-state index in [1.54, 1.807) is 0 Å². The second-order valence-corrected chi connectivity index (χ2v) is 7.68. The van der Waals surface area contributed by atoms with Gasteiger partial charge in [-0.3, -0.25) is 0 Å². The molecule has 1 saturated heterocycles. The van der Waals surface area contributed by atoms with Crippen LogP contribution in [0.25, 0.3) is 0 Å². The SMILES string of the molecule is Cc1ccccc1N1C(C)SC(C2CCCC2)[C@@H]1C. The first-order valence-electron chi connectivity index (χ1n) is 7.68. The number of thioether (sulfide) groups is 1. The van der Waals surface area contributed by atoms with Crippen molar-refractivity contribution >= 4 is 17.4 Å². The minimum absolute atomic E-state index is 0.613. The molecule has 0 radical (unpaired) electrons. The highest BCUT2D eigenvalue weighted by Gasteiger charge is 2.41. The third-order valence-electron chi connectivity index (χ3n) is 4.92. The van der Waals surface area contributed by atoms with Crippen LogP contribution in [0.3, 0.4) is 0 Å². The van der Waals surface area contributed by atoms with Gasteiger partial charge in [0, 0.05) is 17.0 Å². The van der Waals surface area contributed by atoms with Crippen LogP contribution in [0.5, 0.6) is 0 Å². The van der Waals surface area contributed by atoms with Crippen LogP contribution in [0.15, 0.2) is 24.3 Å². The van der Waals surface area contributed by atoms with E-state index in [0.717, 1.165) is 11.2 Å². The highest BCUT2D eigenvalue weighted by atomic mass is 32.2. The van der Waals surface area contributed by atoms with Crippen molar-refractivity contribution in [3.8, 4) is 0 Å². The molecule has 1 saturated carbocycles. The number of hydrogen-bond donors (Lipinski definition) is 0. The summed E-state index contributed by atoms with van der Waals surface area (Å²) in [7, 11) is 0. The first kappa shape index (κ1) is 13.4. The lowest BCUT2D eigenvalue weighted by atomic mass is 9.97. The van der Waals surface area contributed by atoms with Crippen molar-refractivity contribution in [2.75, 3.05) is 4.90 Å². The van der Waals surface area contributed by atoms with Crippen LogP contribution < -0.4 is 4.90 Å². The molecule has 2 fully saturated rings. The summed E-state index contributed by atoms with van der Waals surface area (Å²) >= 11 is 2.21. The van der Waals surface area contributed by atoms with Gasteiger partial charge in [0.2, 0.25) is 0 Å². The Hall–Kier alpha value is -0.630.